The van der Waals surface area contributed by atoms with Crippen molar-refractivity contribution in [3.05, 3.63) is 0 Å². The fourth-order valence-corrected chi connectivity index (χ4v) is 2.67. The summed E-state index contributed by atoms with van der Waals surface area (Å²) in [4.78, 5) is 11.5. The molecule has 4 nitrogen and oxygen atoms in total. The molecule has 2 unspecified atom stereocenters. The molecule has 0 saturated heterocycles. The molecule has 1 fully saturated rings. The van der Waals surface area contributed by atoms with Gasteiger partial charge in [-0.05, 0) is 30.6 Å². The first-order valence-corrected chi connectivity index (χ1v) is 5.91. The second-order valence-corrected chi connectivity index (χ2v) is 5.76. The van der Waals surface area contributed by atoms with Gasteiger partial charge in [0.25, 0.3) is 0 Å². The molecule has 0 bridgehead atoms. The van der Waals surface area contributed by atoms with Crippen LogP contribution >= 0.6 is 0 Å². The highest BCUT2D eigenvalue weighted by Gasteiger charge is 2.34. The molecule has 3 N–H and O–H groups in total. The molecule has 0 spiro atoms. The van der Waals surface area contributed by atoms with E-state index in [9.17, 15) is 4.79 Å². The summed E-state index contributed by atoms with van der Waals surface area (Å²) >= 11 is 0. The Morgan fingerprint density at radius 1 is 1.56 bits per heavy atom. The van der Waals surface area contributed by atoms with E-state index in [0.717, 1.165) is 19.3 Å². The van der Waals surface area contributed by atoms with Crippen LogP contribution in [0.4, 0.5) is 0 Å². The van der Waals surface area contributed by atoms with Crippen LogP contribution in [0.2, 0.25) is 0 Å². The third-order valence-electron chi connectivity index (χ3n) is 3.13. The zero-order valence-electron chi connectivity index (χ0n) is 10.4. The molecule has 1 aliphatic carbocycles. The first-order valence-electron chi connectivity index (χ1n) is 5.91. The van der Waals surface area contributed by atoms with Crippen LogP contribution in [-0.2, 0) is 9.53 Å². The molecule has 0 amide bonds. The van der Waals surface area contributed by atoms with Crippen molar-refractivity contribution >= 4 is 5.97 Å². The predicted octanol–water partition coefficient (Wildman–Crippen LogP) is 1.06. The second kappa shape index (κ2) is 5.15. The van der Waals surface area contributed by atoms with Crippen molar-refractivity contribution in [2.24, 2.45) is 17.1 Å². The van der Waals surface area contributed by atoms with Gasteiger partial charge in [-0.15, -0.1) is 0 Å². The highest BCUT2D eigenvalue weighted by molar-refractivity contribution is 5.75. The molecule has 4 heteroatoms. The van der Waals surface area contributed by atoms with Crippen LogP contribution in [0.3, 0.4) is 0 Å². The van der Waals surface area contributed by atoms with E-state index in [4.69, 9.17) is 15.6 Å². The molecule has 0 aliphatic heterocycles. The van der Waals surface area contributed by atoms with Gasteiger partial charge in [0.2, 0.25) is 0 Å². The summed E-state index contributed by atoms with van der Waals surface area (Å²) < 4.78 is 5.33. The second-order valence-electron chi connectivity index (χ2n) is 5.76. The van der Waals surface area contributed by atoms with E-state index < -0.39 is 12.0 Å². The third-order valence-corrected chi connectivity index (χ3v) is 3.13. The maximum atomic E-state index is 11.5. The van der Waals surface area contributed by atoms with Crippen LogP contribution in [0, 0.1) is 11.3 Å². The van der Waals surface area contributed by atoms with Gasteiger partial charge in [-0.1, -0.05) is 20.8 Å². The Kier molecular flexibility index (Phi) is 4.33. The van der Waals surface area contributed by atoms with Gasteiger partial charge in [0.15, 0.2) is 0 Å². The summed E-state index contributed by atoms with van der Waals surface area (Å²) in [6.07, 6.45) is 2.88. The van der Waals surface area contributed by atoms with E-state index in [1.807, 2.05) is 0 Å². The highest BCUT2D eigenvalue weighted by Crippen LogP contribution is 2.39. The zero-order chi connectivity index (χ0) is 12.3. The van der Waals surface area contributed by atoms with Gasteiger partial charge in [-0.25, -0.2) is 0 Å². The largest absolute Gasteiger partial charge is 0.461 e. The Morgan fingerprint density at radius 3 is 2.69 bits per heavy atom. The molecule has 16 heavy (non-hydrogen) atoms. The average Bonchev–Trinajstić information content (AvgIpc) is 2.12. The molecule has 1 aliphatic rings. The molecule has 0 heterocycles. The number of aliphatic hydroxyl groups is 1. The minimum absolute atomic E-state index is 0.0520. The first kappa shape index (κ1) is 13.5. The number of carbonyl (C=O) groups is 1. The maximum absolute atomic E-state index is 11.5. The molecular formula is C12H23NO3. The van der Waals surface area contributed by atoms with E-state index in [-0.39, 0.29) is 18.1 Å². The van der Waals surface area contributed by atoms with Crippen molar-refractivity contribution in [2.75, 3.05) is 6.61 Å². The lowest BCUT2D eigenvalue weighted by molar-refractivity contribution is -0.155. The van der Waals surface area contributed by atoms with E-state index in [0.29, 0.717) is 5.92 Å². The summed E-state index contributed by atoms with van der Waals surface area (Å²) in [5.74, 6) is 0.0734. The van der Waals surface area contributed by atoms with E-state index in [1.54, 1.807) is 0 Å². The SMILES string of the molecule is CC1CC(OC(=O)[C@H](N)CO)CC(C)(C)C1. The number of rotatable bonds is 3. The quantitative estimate of drug-likeness (QED) is 0.710. The summed E-state index contributed by atoms with van der Waals surface area (Å²) in [6, 6.07) is -0.902. The minimum Gasteiger partial charge on any atom is -0.461 e. The maximum Gasteiger partial charge on any atom is 0.325 e. The van der Waals surface area contributed by atoms with E-state index >= 15 is 0 Å². The van der Waals surface area contributed by atoms with Crippen molar-refractivity contribution in [1.82, 2.24) is 0 Å². The van der Waals surface area contributed by atoms with Crippen molar-refractivity contribution < 1.29 is 14.6 Å². The van der Waals surface area contributed by atoms with Crippen molar-refractivity contribution in [1.29, 1.82) is 0 Å². The molecule has 0 aromatic heterocycles. The number of esters is 1. The molecule has 0 aromatic carbocycles. The van der Waals surface area contributed by atoms with E-state index in [2.05, 4.69) is 20.8 Å². The number of ether oxygens (including phenoxy) is 1. The number of aliphatic hydroxyl groups excluding tert-OH is 1. The number of hydrogen-bond acceptors (Lipinski definition) is 4. The van der Waals surface area contributed by atoms with Crippen LogP contribution in [-0.4, -0.2) is 29.8 Å². The standard InChI is InChI=1S/C12H23NO3/c1-8-4-9(6-12(2,3)5-8)16-11(15)10(13)7-14/h8-10,14H,4-7,13H2,1-3H3/t8?,9?,10-/m1/s1. The van der Waals surface area contributed by atoms with Gasteiger partial charge in [-0.2, -0.15) is 0 Å². The van der Waals surface area contributed by atoms with Crippen molar-refractivity contribution in [3.8, 4) is 0 Å². The van der Waals surface area contributed by atoms with Gasteiger partial charge in [0, 0.05) is 0 Å². The summed E-state index contributed by atoms with van der Waals surface area (Å²) in [5.41, 5.74) is 5.63. The van der Waals surface area contributed by atoms with Crippen LogP contribution in [0.1, 0.15) is 40.0 Å². The lowest BCUT2D eigenvalue weighted by Crippen LogP contribution is -2.41. The number of carbonyl (C=O) groups excluding carboxylic acids is 1. The zero-order valence-corrected chi connectivity index (χ0v) is 10.4. The van der Waals surface area contributed by atoms with Gasteiger partial charge in [-0.3, -0.25) is 4.79 Å². The van der Waals surface area contributed by atoms with Crippen LogP contribution < -0.4 is 5.73 Å². The molecule has 94 valence electrons. The van der Waals surface area contributed by atoms with Crippen molar-refractivity contribution in [2.45, 2.75) is 52.2 Å². The Balaban J connectivity index is 2.51. The fraction of sp³-hybridized carbons (Fsp3) is 0.917. The highest BCUT2D eigenvalue weighted by atomic mass is 16.5. The predicted molar refractivity (Wildman–Crippen MR) is 61.7 cm³/mol. The third kappa shape index (κ3) is 3.76. The normalized spacial score (nSPS) is 30.8. The number of hydrogen-bond donors (Lipinski definition) is 2. The summed E-state index contributed by atoms with van der Waals surface area (Å²) in [5, 5.41) is 8.76. The number of nitrogens with two attached hydrogens (primary N) is 1. The molecule has 0 radical (unpaired) electrons. The Morgan fingerprint density at radius 2 is 2.19 bits per heavy atom. The van der Waals surface area contributed by atoms with E-state index in [1.165, 1.54) is 0 Å². The Hall–Kier alpha value is -0.610. The van der Waals surface area contributed by atoms with Crippen LogP contribution in [0.5, 0.6) is 0 Å². The smallest absolute Gasteiger partial charge is 0.325 e. The monoisotopic (exact) mass is 229 g/mol. The van der Waals surface area contributed by atoms with Crippen LogP contribution in [0.15, 0.2) is 0 Å². The molecule has 0 aromatic rings. The lowest BCUT2D eigenvalue weighted by Gasteiger charge is -2.38. The summed E-state index contributed by atoms with van der Waals surface area (Å²) in [6.45, 7) is 6.20. The van der Waals surface area contributed by atoms with Crippen molar-refractivity contribution in [3.63, 3.8) is 0 Å². The topological polar surface area (TPSA) is 72.5 Å². The molecule has 1 saturated carbocycles. The van der Waals surface area contributed by atoms with Gasteiger partial charge < -0.3 is 15.6 Å². The Bertz CT molecular complexity index is 253. The van der Waals surface area contributed by atoms with Gasteiger partial charge >= 0.3 is 5.97 Å². The average molecular weight is 229 g/mol. The Labute approximate surface area is 97.2 Å². The molecule has 3 atom stereocenters. The van der Waals surface area contributed by atoms with Gasteiger partial charge in [0.05, 0.1) is 6.61 Å². The summed E-state index contributed by atoms with van der Waals surface area (Å²) in [7, 11) is 0. The van der Waals surface area contributed by atoms with Gasteiger partial charge in [0.1, 0.15) is 12.1 Å². The minimum atomic E-state index is -0.902. The molecular weight excluding hydrogens is 206 g/mol. The molecule has 1 rings (SSSR count). The van der Waals surface area contributed by atoms with Crippen LogP contribution in [0.25, 0.3) is 0 Å². The first-order chi connectivity index (χ1) is 7.34. The fourth-order valence-electron chi connectivity index (χ4n) is 2.67. The lowest BCUT2D eigenvalue weighted by atomic mass is 9.71.